The van der Waals surface area contributed by atoms with Crippen LogP contribution >= 0.6 is 0 Å². The van der Waals surface area contributed by atoms with E-state index in [1.807, 2.05) is 0 Å². The fraction of sp³-hybridized carbons (Fsp3) is 0.698. The van der Waals surface area contributed by atoms with E-state index in [4.69, 9.17) is 37.9 Å². The fourth-order valence-electron chi connectivity index (χ4n) is 13.0. The lowest BCUT2D eigenvalue weighted by Gasteiger charge is -2.66. The Bertz CT molecular complexity index is 2460. The van der Waals surface area contributed by atoms with Crippen LogP contribution in [-0.2, 0) is 47.5 Å². The molecule has 3 aliphatic carbocycles. The minimum Gasteiger partial charge on any atom is -0.455 e. The van der Waals surface area contributed by atoms with Gasteiger partial charge in [0.15, 0.2) is 12.1 Å². The second-order valence-electron chi connectivity index (χ2n) is 24.9. The molecule has 18 heteroatoms. The number of rotatable bonds is 26. The molecular formula is C63H91NO17. The summed E-state index contributed by atoms with van der Waals surface area (Å²) in [5.74, 6) is -4.71. The topological polar surface area (TPSA) is 252 Å². The van der Waals surface area contributed by atoms with Gasteiger partial charge in [-0.1, -0.05) is 159 Å². The van der Waals surface area contributed by atoms with Gasteiger partial charge in [-0.2, -0.15) is 0 Å². The number of ether oxygens (including phenoxy) is 8. The molecule has 18 nitrogen and oxygen atoms in total. The average Bonchev–Trinajstić information content (AvgIpc) is 4.03. The highest BCUT2D eigenvalue weighted by atomic mass is 16.8. The second-order valence-corrected chi connectivity index (χ2v) is 24.9. The lowest BCUT2D eigenvalue weighted by atomic mass is 9.44. The van der Waals surface area contributed by atoms with E-state index in [2.05, 4.69) is 12.2 Å². The van der Waals surface area contributed by atoms with E-state index < -0.39 is 125 Å². The number of nitrogens with one attached hydrogen (secondary N) is 1. The van der Waals surface area contributed by atoms with Crippen molar-refractivity contribution in [2.75, 3.05) is 19.8 Å². The van der Waals surface area contributed by atoms with E-state index >= 15 is 9.59 Å². The molecule has 2 bridgehead atoms. The van der Waals surface area contributed by atoms with E-state index in [1.54, 1.807) is 83.1 Å². The summed E-state index contributed by atoms with van der Waals surface area (Å²) >= 11 is 0. The molecule has 7 rings (SSSR count). The van der Waals surface area contributed by atoms with Crippen LogP contribution in [0.5, 0.6) is 0 Å². The third-order valence-electron chi connectivity index (χ3n) is 17.7. The average molecular weight is 1130 g/mol. The molecule has 2 aromatic carbocycles. The van der Waals surface area contributed by atoms with Crippen molar-refractivity contribution in [3.8, 4) is 0 Å². The summed E-state index contributed by atoms with van der Waals surface area (Å²) in [5, 5.41) is 53.1. The Hall–Kier alpha value is -4.95. The number of aliphatic hydroxyl groups is 4. The highest BCUT2D eigenvalue weighted by Gasteiger charge is 2.76. The Kier molecular flexibility index (Phi) is 21.7. The Morgan fingerprint density at radius 2 is 1.37 bits per heavy atom. The minimum atomic E-state index is -2.41. The van der Waals surface area contributed by atoms with Crippen molar-refractivity contribution in [1.82, 2.24) is 5.32 Å². The summed E-state index contributed by atoms with van der Waals surface area (Å²) < 4.78 is 47.4. The minimum absolute atomic E-state index is 0.0723. The Morgan fingerprint density at radius 3 is 1.94 bits per heavy atom. The molecule has 2 unspecified atom stereocenters. The molecule has 450 valence electrons. The number of fused-ring (bicyclic) bond motifs is 5. The molecular weight excluding hydrogens is 1040 g/mol. The zero-order chi connectivity index (χ0) is 58.8. The number of Topliss-reactive ketones (excluding diaryl/α,β-unsaturated/α-hetero) is 1. The summed E-state index contributed by atoms with van der Waals surface area (Å²) in [7, 11) is 0. The van der Waals surface area contributed by atoms with Crippen molar-refractivity contribution in [3.63, 3.8) is 0 Å². The third kappa shape index (κ3) is 14.7. The Morgan fingerprint density at radius 1 is 0.790 bits per heavy atom. The van der Waals surface area contributed by atoms with Crippen LogP contribution in [0.15, 0.2) is 71.8 Å². The molecule has 0 spiro atoms. The van der Waals surface area contributed by atoms with Crippen molar-refractivity contribution < 1.29 is 82.3 Å². The van der Waals surface area contributed by atoms with E-state index in [-0.39, 0.29) is 48.5 Å². The summed E-state index contributed by atoms with van der Waals surface area (Å²) in [6, 6.07) is 14.6. The predicted octanol–water partition coefficient (Wildman–Crippen LogP) is 9.85. The first-order chi connectivity index (χ1) is 38.5. The van der Waals surface area contributed by atoms with Crippen molar-refractivity contribution in [2.24, 2.45) is 16.7 Å². The highest BCUT2D eigenvalue weighted by Crippen LogP contribution is 2.63. The number of hydrogen-bond donors (Lipinski definition) is 5. The van der Waals surface area contributed by atoms with Gasteiger partial charge in [0.05, 0.1) is 36.4 Å². The SMILES string of the molecule is CCCCCCCCCCCCCCCCCC1OCC(COC(=O)O[C@@H](C(=O)O[C@H]2C[C@@]3(O)[C@@H](OC(=O)c4ccccc4)[C@@H]4[C@]5(O)CO[C@@H]5C[C@H](O)[C@@]4(C)C(=O)[C@H](O)C(=C2C)C3(C)C)[C@@H](NC(=O)OC(C)(C)C)c2ccccc2)O1. The first-order valence-corrected chi connectivity index (χ1v) is 29.8. The van der Waals surface area contributed by atoms with Gasteiger partial charge < -0.3 is 63.6 Å². The smallest absolute Gasteiger partial charge is 0.455 e. The number of hydrogen-bond acceptors (Lipinski definition) is 17. The van der Waals surface area contributed by atoms with E-state index in [9.17, 15) is 34.8 Å². The van der Waals surface area contributed by atoms with Crippen molar-refractivity contribution in [2.45, 2.75) is 243 Å². The molecule has 4 fully saturated rings. The van der Waals surface area contributed by atoms with Gasteiger partial charge in [-0.3, -0.25) is 4.79 Å². The number of alkyl carbamates (subject to hydrolysis) is 1. The maximum Gasteiger partial charge on any atom is 0.509 e. The van der Waals surface area contributed by atoms with Crippen molar-refractivity contribution in [3.05, 3.63) is 82.9 Å². The number of benzene rings is 2. The Labute approximate surface area is 478 Å². The number of amides is 1. The monoisotopic (exact) mass is 1130 g/mol. The van der Waals surface area contributed by atoms with E-state index in [1.165, 1.54) is 103 Å². The molecule has 2 heterocycles. The summed E-state index contributed by atoms with van der Waals surface area (Å²) in [6.07, 6.45) is 5.18. The maximum atomic E-state index is 15.2. The van der Waals surface area contributed by atoms with Gasteiger partial charge >= 0.3 is 24.2 Å². The lowest BCUT2D eigenvalue weighted by Crippen LogP contribution is -2.81. The summed E-state index contributed by atoms with van der Waals surface area (Å²) in [5.41, 5.74) is -8.70. The van der Waals surface area contributed by atoms with Gasteiger partial charge in [-0.25, -0.2) is 19.2 Å². The van der Waals surface area contributed by atoms with E-state index in [0.717, 1.165) is 19.3 Å². The Balaban J connectivity index is 1.08. The van der Waals surface area contributed by atoms with Crippen LogP contribution in [-0.4, -0.2) is 136 Å². The highest BCUT2D eigenvalue weighted by molar-refractivity contribution is 5.94. The van der Waals surface area contributed by atoms with E-state index in [0.29, 0.717) is 6.42 Å². The van der Waals surface area contributed by atoms with Crippen LogP contribution in [0.1, 0.15) is 193 Å². The zero-order valence-corrected chi connectivity index (χ0v) is 49.0. The summed E-state index contributed by atoms with van der Waals surface area (Å²) in [4.78, 5) is 72.1. The van der Waals surface area contributed by atoms with Gasteiger partial charge in [0.1, 0.15) is 53.9 Å². The molecule has 1 amide bonds. The molecule has 2 saturated heterocycles. The van der Waals surface area contributed by atoms with Gasteiger partial charge in [-0.15, -0.1) is 0 Å². The molecule has 2 aromatic rings. The van der Waals surface area contributed by atoms with Gasteiger partial charge in [0, 0.05) is 24.2 Å². The zero-order valence-electron chi connectivity index (χ0n) is 49.0. The van der Waals surface area contributed by atoms with Gasteiger partial charge in [-0.05, 0) is 76.3 Å². The first-order valence-electron chi connectivity index (χ1n) is 29.8. The molecule has 0 radical (unpaired) electrons. The quantitative estimate of drug-likeness (QED) is 0.0254. The fourth-order valence-corrected chi connectivity index (χ4v) is 13.0. The molecule has 81 heavy (non-hydrogen) atoms. The second kappa shape index (κ2) is 27.6. The normalized spacial score (nSPS) is 30.3. The van der Waals surface area contributed by atoms with Crippen LogP contribution < -0.4 is 5.32 Å². The molecule has 2 saturated carbocycles. The number of ketones is 1. The maximum absolute atomic E-state index is 15.2. The number of carbonyl (C=O) groups excluding carboxylic acids is 5. The van der Waals surface area contributed by atoms with Crippen LogP contribution in [0.25, 0.3) is 0 Å². The standard InChI is InChI=1S/C63H91NO17/c1-9-10-11-12-13-14-15-16-17-18-19-20-21-22-29-34-47-74-37-43(77-47)38-75-58(71)79-51(49(41-30-25-23-26-31-41)64-57(70)81-59(3,4)5)56(69)78-44-36-63(73)54(80-55(68)42-32-27-24-28-33-42)52-61(8,45(65)35-46-62(52,72)39-76-46)53(67)50(66)48(40(44)2)60(63,6)7/h23-28,30-33,43-47,49-52,54,65-66,72-73H,9-22,29,34-39H2,1-8H3,(H,64,70)/t43?,44-,45-,46+,47?,49-,50+,51+,52-,54-,61+,62-,63+/m0/s1. The van der Waals surface area contributed by atoms with Crippen LogP contribution in [0, 0.1) is 16.7 Å². The van der Waals surface area contributed by atoms with Crippen molar-refractivity contribution in [1.29, 1.82) is 0 Å². The van der Waals surface area contributed by atoms with Crippen LogP contribution in [0.4, 0.5) is 9.59 Å². The predicted molar refractivity (Wildman–Crippen MR) is 298 cm³/mol. The molecule has 0 aromatic heterocycles. The van der Waals surface area contributed by atoms with Gasteiger partial charge in [0.2, 0.25) is 6.10 Å². The van der Waals surface area contributed by atoms with Gasteiger partial charge in [0.25, 0.3) is 0 Å². The lowest BCUT2D eigenvalue weighted by molar-refractivity contribution is -0.343. The molecule has 5 N–H and O–H groups in total. The molecule has 2 aliphatic heterocycles. The number of esters is 2. The molecule has 5 aliphatic rings. The third-order valence-corrected chi connectivity index (χ3v) is 17.7. The number of aliphatic hydroxyl groups excluding tert-OH is 2. The van der Waals surface area contributed by atoms with Crippen LogP contribution in [0.2, 0.25) is 0 Å². The summed E-state index contributed by atoms with van der Waals surface area (Å²) in [6.45, 7) is 12.7. The van der Waals surface area contributed by atoms with Crippen LogP contribution in [0.3, 0.4) is 0 Å². The number of unbranched alkanes of at least 4 members (excludes halogenated alkanes) is 14. The molecule has 13 atom stereocenters. The first kappa shape index (κ1) is 63.6. The van der Waals surface area contributed by atoms with Crippen molar-refractivity contribution >= 4 is 30.0 Å². The number of carbonyl (C=O) groups is 5. The largest absolute Gasteiger partial charge is 0.509 e.